The summed E-state index contributed by atoms with van der Waals surface area (Å²) in [5.41, 5.74) is -0.332. The molecule has 250 valence electrons. The average Bonchev–Trinajstić information content (AvgIpc) is 3.04. The zero-order valence-electron chi connectivity index (χ0n) is 25.0. The summed E-state index contributed by atoms with van der Waals surface area (Å²) in [7, 11) is 0. The van der Waals surface area contributed by atoms with Gasteiger partial charge in [-0.1, -0.05) is 11.6 Å². The van der Waals surface area contributed by atoms with Crippen molar-refractivity contribution in [2.24, 2.45) is 5.92 Å². The fourth-order valence-electron chi connectivity index (χ4n) is 5.66. The molecule has 45 heavy (non-hydrogen) atoms. The van der Waals surface area contributed by atoms with E-state index >= 15 is 0 Å². The standard InChI is InChI=1S/C30H42ClF2N5O7/c31-20-15-34-30(35-16-20)38-5-3-19(4-6-38)2-1-11-45-21-12-23(32)22(24(33)13-21)14-27(42)37-9-7-36(8-10-37)17-25(40)28(43)29(44)26(41)18-39/h12-13,15-16,19,25-26,28-29,39-41,43-44H,1-11,14,17-18H2/t25-,26+,28+,29+/m0/s1. The van der Waals surface area contributed by atoms with Crippen LogP contribution < -0.4 is 9.64 Å². The van der Waals surface area contributed by atoms with Crippen molar-refractivity contribution in [2.75, 3.05) is 63.9 Å². The van der Waals surface area contributed by atoms with Crippen LogP contribution in [-0.2, 0) is 11.2 Å². The van der Waals surface area contributed by atoms with Gasteiger partial charge in [-0.25, -0.2) is 18.7 Å². The third-order valence-corrected chi connectivity index (χ3v) is 8.66. The molecule has 1 aromatic heterocycles. The summed E-state index contributed by atoms with van der Waals surface area (Å²) in [6, 6.07) is 2.20. The zero-order valence-corrected chi connectivity index (χ0v) is 25.8. The molecule has 2 saturated heterocycles. The smallest absolute Gasteiger partial charge is 0.227 e. The van der Waals surface area contributed by atoms with Crippen molar-refractivity contribution in [3.05, 3.63) is 46.7 Å². The van der Waals surface area contributed by atoms with E-state index in [1.54, 1.807) is 17.3 Å². The zero-order chi connectivity index (χ0) is 32.5. The van der Waals surface area contributed by atoms with Crippen LogP contribution in [0.25, 0.3) is 0 Å². The minimum atomic E-state index is -1.72. The number of aromatic nitrogens is 2. The number of β-amino-alcohol motifs (C(OH)–C–C–N with tert-alkyl or cyclic N) is 1. The lowest BCUT2D eigenvalue weighted by molar-refractivity contribution is -0.134. The normalized spacial score (nSPS) is 19.3. The maximum atomic E-state index is 14.8. The number of anilines is 1. The highest BCUT2D eigenvalue weighted by Gasteiger charge is 2.32. The van der Waals surface area contributed by atoms with Gasteiger partial charge in [0.2, 0.25) is 11.9 Å². The number of carbonyl (C=O) groups is 1. The molecular formula is C30H42ClF2N5O7. The molecule has 1 amide bonds. The summed E-state index contributed by atoms with van der Waals surface area (Å²) in [6.45, 7) is 2.31. The minimum Gasteiger partial charge on any atom is -0.493 e. The Bertz CT molecular complexity index is 1210. The first-order valence-corrected chi connectivity index (χ1v) is 15.6. The molecule has 2 aromatic rings. The Morgan fingerprint density at radius 1 is 0.956 bits per heavy atom. The first-order chi connectivity index (χ1) is 21.5. The van der Waals surface area contributed by atoms with Crippen LogP contribution in [0.1, 0.15) is 31.2 Å². The van der Waals surface area contributed by atoms with Gasteiger partial charge in [0.1, 0.15) is 35.7 Å². The van der Waals surface area contributed by atoms with Crippen LogP contribution in [0.15, 0.2) is 24.5 Å². The second-order valence-corrected chi connectivity index (χ2v) is 12.1. The Labute approximate surface area is 265 Å². The minimum absolute atomic E-state index is 0.0395. The van der Waals surface area contributed by atoms with Gasteiger partial charge in [0.25, 0.3) is 0 Å². The van der Waals surface area contributed by atoms with Crippen molar-refractivity contribution in [1.82, 2.24) is 19.8 Å². The maximum absolute atomic E-state index is 14.8. The van der Waals surface area contributed by atoms with E-state index in [1.807, 2.05) is 0 Å². The molecular weight excluding hydrogens is 616 g/mol. The summed E-state index contributed by atoms with van der Waals surface area (Å²) < 4.78 is 35.3. The lowest BCUT2D eigenvalue weighted by atomic mass is 9.92. The van der Waals surface area contributed by atoms with Crippen LogP contribution in [0.4, 0.5) is 14.7 Å². The van der Waals surface area contributed by atoms with Gasteiger partial charge in [0.15, 0.2) is 0 Å². The number of ether oxygens (including phenoxy) is 1. The van der Waals surface area contributed by atoms with Crippen molar-refractivity contribution < 1.29 is 43.8 Å². The molecule has 0 unspecified atom stereocenters. The molecule has 15 heteroatoms. The number of rotatable bonds is 14. The Morgan fingerprint density at radius 2 is 1.56 bits per heavy atom. The second kappa shape index (κ2) is 16.7. The quantitative estimate of drug-likeness (QED) is 0.181. The van der Waals surface area contributed by atoms with Crippen LogP contribution in [-0.4, -0.2) is 135 Å². The number of halogens is 3. The fourth-order valence-corrected chi connectivity index (χ4v) is 5.76. The molecule has 0 saturated carbocycles. The topological polar surface area (TPSA) is 163 Å². The monoisotopic (exact) mass is 657 g/mol. The highest BCUT2D eigenvalue weighted by Crippen LogP contribution is 2.26. The van der Waals surface area contributed by atoms with E-state index in [-0.39, 0.29) is 30.9 Å². The Kier molecular flexibility index (Phi) is 13.1. The third-order valence-electron chi connectivity index (χ3n) is 8.47. The number of carbonyl (C=O) groups excluding carboxylic acids is 1. The van der Waals surface area contributed by atoms with Crippen molar-refractivity contribution >= 4 is 23.5 Å². The molecule has 5 N–H and O–H groups in total. The van der Waals surface area contributed by atoms with Crippen LogP contribution in [0, 0.1) is 17.6 Å². The van der Waals surface area contributed by atoms with Crippen LogP contribution >= 0.6 is 11.6 Å². The van der Waals surface area contributed by atoms with Crippen LogP contribution in [0.5, 0.6) is 5.75 Å². The molecule has 3 heterocycles. The van der Waals surface area contributed by atoms with Crippen molar-refractivity contribution in [3.63, 3.8) is 0 Å². The maximum Gasteiger partial charge on any atom is 0.227 e. The van der Waals surface area contributed by atoms with E-state index in [2.05, 4.69) is 14.9 Å². The van der Waals surface area contributed by atoms with Gasteiger partial charge in [0, 0.05) is 63.5 Å². The molecule has 2 aliphatic rings. The van der Waals surface area contributed by atoms with Gasteiger partial charge in [-0.2, -0.15) is 0 Å². The molecule has 0 aliphatic carbocycles. The molecule has 2 aliphatic heterocycles. The Morgan fingerprint density at radius 3 is 2.16 bits per heavy atom. The highest BCUT2D eigenvalue weighted by molar-refractivity contribution is 6.30. The van der Waals surface area contributed by atoms with E-state index in [4.69, 9.17) is 21.4 Å². The number of nitrogens with zero attached hydrogens (tertiary/aromatic N) is 5. The van der Waals surface area contributed by atoms with Crippen molar-refractivity contribution in [1.29, 1.82) is 0 Å². The van der Waals surface area contributed by atoms with E-state index < -0.39 is 55.0 Å². The van der Waals surface area contributed by atoms with Crippen LogP contribution in [0.2, 0.25) is 5.02 Å². The Hall–Kier alpha value is -2.72. The number of hydrogen-bond donors (Lipinski definition) is 5. The van der Waals surface area contributed by atoms with Gasteiger partial charge in [-0.3, -0.25) is 9.69 Å². The largest absolute Gasteiger partial charge is 0.493 e. The molecule has 0 spiro atoms. The van der Waals surface area contributed by atoms with Gasteiger partial charge in [0.05, 0.1) is 43.2 Å². The lowest BCUT2D eigenvalue weighted by Crippen LogP contribution is -2.54. The van der Waals surface area contributed by atoms with Crippen molar-refractivity contribution in [3.8, 4) is 5.75 Å². The molecule has 0 bridgehead atoms. The molecule has 4 atom stereocenters. The predicted octanol–water partition coefficient (Wildman–Crippen LogP) is 0.606. The van der Waals surface area contributed by atoms with Gasteiger partial charge < -0.3 is 40.1 Å². The molecule has 4 rings (SSSR count). The Balaban J connectivity index is 1.16. The van der Waals surface area contributed by atoms with E-state index in [0.29, 0.717) is 36.6 Å². The fraction of sp³-hybridized carbons (Fsp3) is 0.633. The first kappa shape index (κ1) is 35.1. The SMILES string of the molecule is O=C(Cc1c(F)cc(OCCCC2CCN(c3ncc(Cl)cn3)CC2)cc1F)N1CCN(C[C@H](O)[C@@H](O)[C@H](O)[C@H](O)CO)CC1. The summed E-state index contributed by atoms with van der Waals surface area (Å²) >= 11 is 5.86. The summed E-state index contributed by atoms with van der Waals surface area (Å²) in [5, 5.41) is 48.8. The predicted molar refractivity (Wildman–Crippen MR) is 161 cm³/mol. The average molecular weight is 658 g/mol. The number of aliphatic hydroxyl groups is 5. The van der Waals surface area contributed by atoms with Gasteiger partial charge in [-0.15, -0.1) is 0 Å². The van der Waals surface area contributed by atoms with Gasteiger partial charge in [-0.05, 0) is 31.6 Å². The van der Waals surface area contributed by atoms with Gasteiger partial charge >= 0.3 is 0 Å². The summed E-state index contributed by atoms with van der Waals surface area (Å²) in [5.74, 6) is -0.901. The van der Waals surface area contributed by atoms with Crippen molar-refractivity contribution in [2.45, 2.75) is 56.5 Å². The summed E-state index contributed by atoms with van der Waals surface area (Å²) in [6.07, 6.45) is -0.0482. The molecule has 0 radical (unpaired) electrons. The first-order valence-electron chi connectivity index (χ1n) is 15.2. The van der Waals surface area contributed by atoms with E-state index in [1.165, 1.54) is 4.90 Å². The molecule has 1 aromatic carbocycles. The number of piperazine rings is 1. The number of piperidine rings is 1. The van der Waals surface area contributed by atoms with Crippen LogP contribution in [0.3, 0.4) is 0 Å². The third kappa shape index (κ3) is 9.88. The number of amides is 1. The second-order valence-electron chi connectivity index (χ2n) is 11.6. The molecule has 2 fully saturated rings. The lowest BCUT2D eigenvalue weighted by Gasteiger charge is -2.37. The molecule has 12 nitrogen and oxygen atoms in total. The number of benzene rings is 1. The van der Waals surface area contributed by atoms with E-state index in [0.717, 1.165) is 50.9 Å². The van der Waals surface area contributed by atoms with E-state index in [9.17, 15) is 34.0 Å². The number of hydrogen-bond acceptors (Lipinski definition) is 11. The number of aliphatic hydroxyl groups excluding tert-OH is 5. The summed E-state index contributed by atoms with van der Waals surface area (Å²) in [4.78, 5) is 26.7. The highest BCUT2D eigenvalue weighted by atomic mass is 35.5.